The first-order valence-corrected chi connectivity index (χ1v) is 8.03. The Kier molecular flexibility index (Phi) is 7.13. The fourth-order valence-corrected chi connectivity index (χ4v) is 3.13. The van der Waals surface area contributed by atoms with Crippen LogP contribution in [0.3, 0.4) is 0 Å². The van der Waals surface area contributed by atoms with Crippen molar-refractivity contribution in [2.45, 2.75) is 33.7 Å². The van der Waals surface area contributed by atoms with E-state index in [0.29, 0.717) is 18.4 Å². The molecule has 0 aliphatic carbocycles. The lowest BCUT2D eigenvalue weighted by atomic mass is 10.0. The van der Waals surface area contributed by atoms with Crippen LogP contribution in [0, 0.1) is 17.7 Å². The molecular formula is C16H26BrFN2. The average Bonchev–Trinajstić information content (AvgIpc) is 2.31. The van der Waals surface area contributed by atoms with Crippen LogP contribution < -0.4 is 5.73 Å². The number of halogens is 2. The van der Waals surface area contributed by atoms with Crippen molar-refractivity contribution in [3.63, 3.8) is 0 Å². The Labute approximate surface area is 130 Å². The van der Waals surface area contributed by atoms with E-state index in [0.717, 1.165) is 23.1 Å². The van der Waals surface area contributed by atoms with Gasteiger partial charge in [-0.1, -0.05) is 49.7 Å². The van der Waals surface area contributed by atoms with Crippen LogP contribution in [0.2, 0.25) is 0 Å². The maximum Gasteiger partial charge on any atom is 0.124 e. The normalized spacial score (nSPS) is 13.5. The van der Waals surface area contributed by atoms with Gasteiger partial charge < -0.3 is 5.73 Å². The van der Waals surface area contributed by atoms with Crippen LogP contribution in [0.15, 0.2) is 22.7 Å². The van der Waals surface area contributed by atoms with Crippen molar-refractivity contribution in [3.05, 3.63) is 34.1 Å². The minimum Gasteiger partial charge on any atom is -0.329 e. The molecule has 0 amide bonds. The summed E-state index contributed by atoms with van der Waals surface area (Å²) in [6, 6.07) is 4.98. The summed E-state index contributed by atoms with van der Waals surface area (Å²) in [6.45, 7) is 11.3. The second kappa shape index (κ2) is 8.11. The van der Waals surface area contributed by atoms with E-state index in [1.54, 1.807) is 0 Å². The van der Waals surface area contributed by atoms with E-state index < -0.39 is 0 Å². The number of nitrogens with zero attached hydrogens (tertiary/aromatic N) is 1. The van der Waals surface area contributed by atoms with Crippen LogP contribution in [0.4, 0.5) is 4.39 Å². The van der Waals surface area contributed by atoms with Gasteiger partial charge in [-0.25, -0.2) is 4.39 Å². The van der Waals surface area contributed by atoms with E-state index in [9.17, 15) is 4.39 Å². The highest BCUT2D eigenvalue weighted by atomic mass is 79.9. The maximum atomic E-state index is 13.3. The van der Waals surface area contributed by atoms with Gasteiger partial charge in [-0.05, 0) is 29.5 Å². The SMILES string of the molecule is CC(C)CN(CC(C)C)C(CN)c1ccc(F)cc1Br. The highest BCUT2D eigenvalue weighted by Crippen LogP contribution is 2.29. The molecule has 114 valence electrons. The van der Waals surface area contributed by atoms with Crippen LogP contribution in [0.1, 0.15) is 39.3 Å². The highest BCUT2D eigenvalue weighted by Gasteiger charge is 2.22. The molecule has 0 radical (unpaired) electrons. The lowest BCUT2D eigenvalue weighted by Crippen LogP contribution is -2.38. The number of rotatable bonds is 7. The summed E-state index contributed by atoms with van der Waals surface area (Å²) in [6.07, 6.45) is 0. The Morgan fingerprint density at radius 1 is 1.15 bits per heavy atom. The van der Waals surface area contributed by atoms with Gasteiger partial charge in [-0.3, -0.25) is 4.90 Å². The van der Waals surface area contributed by atoms with Gasteiger partial charge >= 0.3 is 0 Å². The van der Waals surface area contributed by atoms with E-state index in [1.807, 2.05) is 6.07 Å². The molecule has 2 nitrogen and oxygen atoms in total. The summed E-state index contributed by atoms with van der Waals surface area (Å²) < 4.78 is 14.1. The summed E-state index contributed by atoms with van der Waals surface area (Å²) in [7, 11) is 0. The summed E-state index contributed by atoms with van der Waals surface area (Å²) >= 11 is 3.47. The minimum absolute atomic E-state index is 0.120. The molecule has 0 aliphatic rings. The second-order valence-electron chi connectivity index (χ2n) is 6.16. The molecule has 0 fully saturated rings. The average molecular weight is 345 g/mol. The Morgan fingerprint density at radius 2 is 1.70 bits per heavy atom. The summed E-state index contributed by atoms with van der Waals surface area (Å²) in [5.74, 6) is 0.916. The van der Waals surface area contributed by atoms with Gasteiger partial charge in [0.25, 0.3) is 0 Å². The van der Waals surface area contributed by atoms with Crippen LogP contribution >= 0.6 is 15.9 Å². The zero-order valence-corrected chi connectivity index (χ0v) is 14.5. The Morgan fingerprint density at radius 3 is 2.10 bits per heavy atom. The molecule has 4 heteroatoms. The topological polar surface area (TPSA) is 29.3 Å². The van der Waals surface area contributed by atoms with Crippen LogP contribution in [0.25, 0.3) is 0 Å². The molecule has 1 rings (SSSR count). The molecule has 2 N–H and O–H groups in total. The fraction of sp³-hybridized carbons (Fsp3) is 0.625. The fourth-order valence-electron chi connectivity index (χ4n) is 2.51. The predicted molar refractivity (Wildman–Crippen MR) is 87.1 cm³/mol. The molecule has 1 unspecified atom stereocenters. The lowest BCUT2D eigenvalue weighted by molar-refractivity contribution is 0.159. The predicted octanol–water partition coefficient (Wildman–Crippen LogP) is 4.20. The quantitative estimate of drug-likeness (QED) is 0.802. The molecule has 0 bridgehead atoms. The summed E-state index contributed by atoms with van der Waals surface area (Å²) in [5, 5.41) is 0. The molecule has 0 spiro atoms. The highest BCUT2D eigenvalue weighted by molar-refractivity contribution is 9.10. The van der Waals surface area contributed by atoms with Crippen molar-refractivity contribution in [2.24, 2.45) is 17.6 Å². The summed E-state index contributed by atoms with van der Waals surface area (Å²) in [5.41, 5.74) is 7.07. The molecule has 0 heterocycles. The number of nitrogens with two attached hydrogens (primary N) is 1. The lowest BCUT2D eigenvalue weighted by Gasteiger charge is -2.34. The van der Waals surface area contributed by atoms with Crippen molar-refractivity contribution >= 4 is 15.9 Å². The molecule has 0 aromatic heterocycles. The molecule has 0 saturated carbocycles. The molecule has 0 aliphatic heterocycles. The zero-order valence-electron chi connectivity index (χ0n) is 12.9. The van der Waals surface area contributed by atoms with E-state index in [-0.39, 0.29) is 11.9 Å². The van der Waals surface area contributed by atoms with Gasteiger partial charge in [-0.15, -0.1) is 0 Å². The molecule has 1 aromatic rings. The Hall–Kier alpha value is -0.450. The molecule has 20 heavy (non-hydrogen) atoms. The molecule has 1 aromatic carbocycles. The first kappa shape index (κ1) is 17.6. The first-order chi connectivity index (χ1) is 9.35. The van der Waals surface area contributed by atoms with Gasteiger partial charge in [-0.2, -0.15) is 0 Å². The van der Waals surface area contributed by atoms with Crippen LogP contribution in [-0.4, -0.2) is 24.5 Å². The number of hydrogen-bond donors (Lipinski definition) is 1. The Bertz CT molecular complexity index is 411. The largest absolute Gasteiger partial charge is 0.329 e. The van der Waals surface area contributed by atoms with Gasteiger partial charge in [0.1, 0.15) is 5.82 Å². The monoisotopic (exact) mass is 344 g/mol. The standard InChI is InChI=1S/C16H26BrFN2/c1-11(2)9-20(10-12(3)4)16(8-19)14-6-5-13(18)7-15(14)17/h5-7,11-12,16H,8-10,19H2,1-4H3. The van der Waals surface area contributed by atoms with Gasteiger partial charge in [0.2, 0.25) is 0 Å². The van der Waals surface area contributed by atoms with Gasteiger partial charge in [0, 0.05) is 30.1 Å². The summed E-state index contributed by atoms with van der Waals surface area (Å²) in [4.78, 5) is 2.41. The van der Waals surface area contributed by atoms with Crippen molar-refractivity contribution in [1.82, 2.24) is 4.90 Å². The third kappa shape index (κ3) is 5.15. The van der Waals surface area contributed by atoms with Crippen LogP contribution in [-0.2, 0) is 0 Å². The van der Waals surface area contributed by atoms with E-state index >= 15 is 0 Å². The van der Waals surface area contributed by atoms with Crippen molar-refractivity contribution < 1.29 is 4.39 Å². The second-order valence-corrected chi connectivity index (χ2v) is 7.01. The van der Waals surface area contributed by atoms with E-state index in [4.69, 9.17) is 5.73 Å². The minimum atomic E-state index is -0.226. The first-order valence-electron chi connectivity index (χ1n) is 7.24. The van der Waals surface area contributed by atoms with Gasteiger partial charge in [0.05, 0.1) is 0 Å². The smallest absolute Gasteiger partial charge is 0.124 e. The zero-order chi connectivity index (χ0) is 15.3. The van der Waals surface area contributed by atoms with Crippen molar-refractivity contribution in [2.75, 3.05) is 19.6 Å². The molecule has 0 saturated heterocycles. The van der Waals surface area contributed by atoms with E-state index in [1.165, 1.54) is 12.1 Å². The molecular weight excluding hydrogens is 319 g/mol. The van der Waals surface area contributed by atoms with Crippen LogP contribution in [0.5, 0.6) is 0 Å². The number of benzene rings is 1. The number of hydrogen-bond acceptors (Lipinski definition) is 2. The maximum absolute atomic E-state index is 13.3. The molecule has 1 atom stereocenters. The van der Waals surface area contributed by atoms with Crippen molar-refractivity contribution in [3.8, 4) is 0 Å². The Balaban J connectivity index is 3.04. The van der Waals surface area contributed by atoms with Crippen molar-refractivity contribution in [1.29, 1.82) is 0 Å². The third-order valence-corrected chi connectivity index (χ3v) is 3.87. The third-order valence-electron chi connectivity index (χ3n) is 3.18. The van der Waals surface area contributed by atoms with Gasteiger partial charge in [0.15, 0.2) is 0 Å². The van der Waals surface area contributed by atoms with E-state index in [2.05, 4.69) is 48.5 Å².